The van der Waals surface area contributed by atoms with Crippen LogP contribution in [0.3, 0.4) is 0 Å². The molecule has 0 atom stereocenters. The maximum Gasteiger partial charge on any atom is 0.195 e. The molecule has 21 heavy (non-hydrogen) atoms. The smallest absolute Gasteiger partial charge is 0.195 e. The van der Waals surface area contributed by atoms with E-state index in [-0.39, 0.29) is 0 Å². The summed E-state index contributed by atoms with van der Waals surface area (Å²) < 4.78 is 2.59. The third-order valence-corrected chi connectivity index (χ3v) is 3.39. The number of rotatable bonds is 4. The lowest BCUT2D eigenvalue weighted by Crippen LogP contribution is -2.23. The molecule has 0 radical (unpaired) electrons. The first-order chi connectivity index (χ1) is 10.2. The first kappa shape index (κ1) is 15.4. The minimum absolute atomic E-state index is 0.553. The molecule has 7 heteroatoms. The van der Waals surface area contributed by atoms with E-state index >= 15 is 0 Å². The van der Waals surface area contributed by atoms with Gasteiger partial charge >= 0.3 is 0 Å². The molecule has 0 saturated heterocycles. The third kappa shape index (κ3) is 3.77. The van der Waals surface area contributed by atoms with Gasteiger partial charge in [-0.1, -0.05) is 6.08 Å². The summed E-state index contributed by atoms with van der Waals surface area (Å²) in [7, 11) is 0. The van der Waals surface area contributed by atoms with E-state index in [0.717, 1.165) is 23.6 Å². The van der Waals surface area contributed by atoms with Gasteiger partial charge in [0.1, 0.15) is 0 Å². The number of aromatic amines is 1. The van der Waals surface area contributed by atoms with Gasteiger partial charge in [0.15, 0.2) is 15.7 Å². The average Bonchev–Trinajstić information content (AvgIpc) is 2.86. The Morgan fingerprint density at radius 3 is 2.71 bits per heavy atom. The molecule has 3 N–H and O–H groups in total. The number of H-pyrrole nitrogens is 1. The van der Waals surface area contributed by atoms with Crippen LogP contribution in [0, 0.1) is 4.77 Å². The zero-order valence-corrected chi connectivity index (χ0v) is 13.5. The van der Waals surface area contributed by atoms with Crippen LogP contribution < -0.4 is 10.6 Å². The monoisotopic (exact) mass is 319 g/mol. The van der Waals surface area contributed by atoms with Crippen molar-refractivity contribution >= 4 is 35.2 Å². The number of allylic oxidation sites excluding steroid dienone is 1. The average molecular weight is 319 g/mol. The van der Waals surface area contributed by atoms with Crippen LogP contribution >= 0.6 is 24.4 Å². The molecule has 0 unspecified atom stereocenters. The van der Waals surface area contributed by atoms with Crippen LogP contribution in [0.5, 0.6) is 0 Å². The van der Waals surface area contributed by atoms with Crippen molar-refractivity contribution in [2.24, 2.45) is 0 Å². The van der Waals surface area contributed by atoms with Crippen LogP contribution in [0.2, 0.25) is 0 Å². The van der Waals surface area contributed by atoms with Gasteiger partial charge in [-0.05, 0) is 68.7 Å². The highest BCUT2D eigenvalue weighted by Crippen LogP contribution is 2.19. The Labute approximate surface area is 134 Å². The summed E-state index contributed by atoms with van der Waals surface area (Å²) in [6, 6.07) is 7.88. The topological polar surface area (TPSA) is 57.7 Å². The molecular weight excluding hydrogens is 302 g/mol. The Morgan fingerprint density at radius 2 is 2.10 bits per heavy atom. The standard InChI is InChI=1S/C14H17N5S2/c1-3-9-15-13(20)16-11-7-5-10(6-8-11)12-17-18-14(21)19(12)4-2/h3,5-9H,4H2,1-2H3,(H,18,21)(H2,15,16,20)/b9-3+. The van der Waals surface area contributed by atoms with E-state index in [9.17, 15) is 0 Å². The second-order valence-corrected chi connectivity index (χ2v) is 5.07. The largest absolute Gasteiger partial charge is 0.339 e. The number of thiocarbonyl (C=S) groups is 1. The Hall–Kier alpha value is -1.99. The van der Waals surface area contributed by atoms with Crippen molar-refractivity contribution in [3.63, 3.8) is 0 Å². The molecule has 5 nitrogen and oxygen atoms in total. The molecule has 1 aromatic carbocycles. The number of anilines is 1. The van der Waals surface area contributed by atoms with Crippen LogP contribution in [0.25, 0.3) is 11.4 Å². The van der Waals surface area contributed by atoms with E-state index in [4.69, 9.17) is 24.4 Å². The highest BCUT2D eigenvalue weighted by molar-refractivity contribution is 7.80. The maximum atomic E-state index is 5.20. The number of nitrogens with zero attached hydrogens (tertiary/aromatic N) is 2. The quantitative estimate of drug-likeness (QED) is 0.754. The third-order valence-electron chi connectivity index (χ3n) is 2.86. The predicted octanol–water partition coefficient (Wildman–Crippen LogP) is 3.45. The van der Waals surface area contributed by atoms with Crippen LogP contribution in [0.1, 0.15) is 13.8 Å². The number of hydrogen-bond acceptors (Lipinski definition) is 3. The lowest BCUT2D eigenvalue weighted by molar-refractivity contribution is 0.755. The highest BCUT2D eigenvalue weighted by Gasteiger charge is 2.07. The van der Waals surface area contributed by atoms with E-state index < -0.39 is 0 Å². The molecule has 0 fully saturated rings. The number of aromatic nitrogens is 3. The summed E-state index contributed by atoms with van der Waals surface area (Å²) in [5.74, 6) is 0.837. The Balaban J connectivity index is 2.15. The zero-order chi connectivity index (χ0) is 15.2. The fourth-order valence-electron chi connectivity index (χ4n) is 1.86. The molecule has 2 aromatic rings. The van der Waals surface area contributed by atoms with Gasteiger partial charge < -0.3 is 15.2 Å². The lowest BCUT2D eigenvalue weighted by Gasteiger charge is -2.08. The molecule has 0 aliphatic carbocycles. The molecule has 0 bridgehead atoms. The normalized spacial score (nSPS) is 10.8. The van der Waals surface area contributed by atoms with Crippen molar-refractivity contribution in [1.29, 1.82) is 0 Å². The molecule has 0 aliphatic heterocycles. The van der Waals surface area contributed by atoms with Crippen molar-refractivity contribution in [3.05, 3.63) is 41.3 Å². The Morgan fingerprint density at radius 1 is 1.38 bits per heavy atom. The van der Waals surface area contributed by atoms with Crippen molar-refractivity contribution in [1.82, 2.24) is 20.1 Å². The van der Waals surface area contributed by atoms with Crippen molar-refractivity contribution in [2.45, 2.75) is 20.4 Å². The van der Waals surface area contributed by atoms with Gasteiger partial charge in [0.2, 0.25) is 0 Å². The molecule has 0 saturated carbocycles. The summed E-state index contributed by atoms with van der Waals surface area (Å²) in [5, 5.41) is 13.7. The Bertz CT molecular complexity index is 697. The van der Waals surface area contributed by atoms with Gasteiger partial charge in [-0.15, -0.1) is 0 Å². The summed E-state index contributed by atoms with van der Waals surface area (Å²) in [6.45, 7) is 4.74. The number of hydrogen-bond donors (Lipinski definition) is 3. The van der Waals surface area contributed by atoms with Gasteiger partial charge in [0, 0.05) is 17.8 Å². The summed E-state index contributed by atoms with van der Waals surface area (Å²) in [4.78, 5) is 0. The molecule has 0 aliphatic rings. The predicted molar refractivity (Wildman–Crippen MR) is 92.7 cm³/mol. The van der Waals surface area contributed by atoms with E-state index in [1.165, 1.54) is 0 Å². The minimum atomic E-state index is 0.553. The first-order valence-corrected chi connectivity index (χ1v) is 7.41. The van der Waals surface area contributed by atoms with Crippen LogP contribution in [0.15, 0.2) is 36.5 Å². The molecule has 1 aromatic heterocycles. The van der Waals surface area contributed by atoms with Gasteiger partial charge in [0.25, 0.3) is 0 Å². The number of benzene rings is 1. The highest BCUT2D eigenvalue weighted by atomic mass is 32.1. The lowest BCUT2D eigenvalue weighted by atomic mass is 10.2. The van der Waals surface area contributed by atoms with Crippen LogP contribution in [0.4, 0.5) is 5.69 Å². The van der Waals surface area contributed by atoms with Gasteiger partial charge in [0.05, 0.1) is 0 Å². The van der Waals surface area contributed by atoms with Gasteiger partial charge in [-0.3, -0.25) is 5.10 Å². The van der Waals surface area contributed by atoms with Crippen molar-refractivity contribution < 1.29 is 0 Å². The minimum Gasteiger partial charge on any atom is -0.339 e. The maximum absolute atomic E-state index is 5.20. The fraction of sp³-hybridized carbons (Fsp3) is 0.214. The van der Waals surface area contributed by atoms with Gasteiger partial charge in [-0.25, -0.2) is 0 Å². The van der Waals surface area contributed by atoms with Crippen LogP contribution in [-0.4, -0.2) is 19.9 Å². The van der Waals surface area contributed by atoms with Gasteiger partial charge in [-0.2, -0.15) is 5.10 Å². The molecular formula is C14H17N5S2. The van der Waals surface area contributed by atoms with E-state index in [1.54, 1.807) is 6.20 Å². The van der Waals surface area contributed by atoms with Crippen molar-refractivity contribution in [2.75, 3.05) is 5.32 Å². The second-order valence-electron chi connectivity index (χ2n) is 4.27. The summed E-state index contributed by atoms with van der Waals surface area (Å²) in [5.41, 5.74) is 1.92. The molecule has 0 amide bonds. The number of nitrogens with one attached hydrogen (secondary N) is 3. The molecule has 0 spiro atoms. The zero-order valence-electron chi connectivity index (χ0n) is 11.9. The molecule has 2 rings (SSSR count). The van der Waals surface area contributed by atoms with E-state index in [0.29, 0.717) is 9.88 Å². The fourth-order valence-corrected chi connectivity index (χ4v) is 2.31. The molecule has 110 valence electrons. The van der Waals surface area contributed by atoms with Crippen LogP contribution in [-0.2, 0) is 6.54 Å². The van der Waals surface area contributed by atoms with E-state index in [1.807, 2.05) is 48.8 Å². The summed E-state index contributed by atoms with van der Waals surface area (Å²) in [6.07, 6.45) is 3.66. The summed E-state index contributed by atoms with van der Waals surface area (Å²) >= 11 is 10.4. The SMILES string of the molecule is C/C=C/NC(=S)Nc1ccc(-c2n[nH]c(=S)n2CC)cc1. The first-order valence-electron chi connectivity index (χ1n) is 6.60. The Kier molecular flexibility index (Phi) is 5.24. The van der Waals surface area contributed by atoms with Crippen molar-refractivity contribution in [3.8, 4) is 11.4 Å². The molecule has 1 heterocycles. The second kappa shape index (κ2) is 7.14. The van der Waals surface area contributed by atoms with E-state index in [2.05, 4.69) is 20.8 Å².